The Hall–Kier alpha value is -2.89. The van der Waals surface area contributed by atoms with E-state index in [2.05, 4.69) is 34.6 Å². The van der Waals surface area contributed by atoms with E-state index in [-0.39, 0.29) is 10.9 Å². The fourth-order valence-electron chi connectivity index (χ4n) is 3.36. The van der Waals surface area contributed by atoms with Crippen LogP contribution < -0.4 is 5.32 Å². The first-order chi connectivity index (χ1) is 15.0. The molecule has 4 aromatic rings. The first-order valence-electron chi connectivity index (χ1n) is 10.2. The van der Waals surface area contributed by atoms with Crippen molar-refractivity contribution in [1.82, 2.24) is 15.0 Å². The Morgan fingerprint density at radius 3 is 2.45 bits per heavy atom. The van der Waals surface area contributed by atoms with Gasteiger partial charge < -0.3 is 5.32 Å². The van der Waals surface area contributed by atoms with Crippen molar-refractivity contribution in [2.75, 3.05) is 5.32 Å². The molecule has 0 saturated carbocycles. The zero-order valence-corrected chi connectivity index (χ0v) is 18.8. The maximum atomic E-state index is 12.7. The molecule has 0 fully saturated rings. The Morgan fingerprint density at radius 2 is 1.74 bits per heavy atom. The summed E-state index contributed by atoms with van der Waals surface area (Å²) in [5.74, 6) is -0.329. The quantitative estimate of drug-likeness (QED) is 0.357. The van der Waals surface area contributed by atoms with Gasteiger partial charge in [0.15, 0.2) is 0 Å². The van der Waals surface area contributed by atoms with Gasteiger partial charge in [0.05, 0.1) is 21.3 Å². The van der Waals surface area contributed by atoms with Gasteiger partial charge in [-0.25, -0.2) is 0 Å². The predicted molar refractivity (Wildman–Crippen MR) is 127 cm³/mol. The van der Waals surface area contributed by atoms with Crippen molar-refractivity contribution in [3.63, 3.8) is 0 Å². The molecule has 3 aromatic carbocycles. The van der Waals surface area contributed by atoms with Gasteiger partial charge >= 0.3 is 0 Å². The molecule has 0 atom stereocenters. The second-order valence-electron chi connectivity index (χ2n) is 7.47. The molecular weight excluding hydrogens is 431 g/mol. The summed E-state index contributed by atoms with van der Waals surface area (Å²) in [6, 6.07) is 17.0. The smallest absolute Gasteiger partial charge is 0.257 e. The van der Waals surface area contributed by atoms with Crippen LogP contribution in [0.25, 0.3) is 16.7 Å². The Morgan fingerprint density at radius 1 is 1.03 bits per heavy atom. The molecule has 0 aliphatic rings. The minimum Gasteiger partial charge on any atom is -0.322 e. The maximum absolute atomic E-state index is 12.7. The highest BCUT2D eigenvalue weighted by atomic mass is 35.5. The lowest BCUT2D eigenvalue weighted by Gasteiger charge is -2.09. The van der Waals surface area contributed by atoms with Gasteiger partial charge in [0.2, 0.25) is 0 Å². The van der Waals surface area contributed by atoms with Gasteiger partial charge in [-0.2, -0.15) is 4.80 Å². The Bertz CT molecular complexity index is 1250. The molecule has 5 nitrogen and oxygen atoms in total. The van der Waals surface area contributed by atoms with E-state index in [1.807, 2.05) is 31.2 Å². The summed E-state index contributed by atoms with van der Waals surface area (Å²) in [7, 11) is 0. The van der Waals surface area contributed by atoms with Crippen molar-refractivity contribution in [2.45, 2.75) is 33.1 Å². The molecular formula is C24H22Cl2N4O. The molecule has 1 N–H and O–H groups in total. The van der Waals surface area contributed by atoms with Crippen LogP contribution in [0.15, 0.2) is 54.6 Å². The van der Waals surface area contributed by atoms with E-state index < -0.39 is 0 Å². The number of hydrogen-bond donors (Lipinski definition) is 1. The first kappa shape index (κ1) is 21.3. The third kappa shape index (κ3) is 4.58. The van der Waals surface area contributed by atoms with Crippen LogP contribution in [0.3, 0.4) is 0 Å². The summed E-state index contributed by atoms with van der Waals surface area (Å²) >= 11 is 12.2. The number of carbonyl (C=O) groups excluding carboxylic acids is 1. The molecule has 0 spiro atoms. The molecule has 158 valence electrons. The van der Waals surface area contributed by atoms with Crippen molar-refractivity contribution >= 4 is 45.8 Å². The van der Waals surface area contributed by atoms with E-state index in [4.69, 9.17) is 23.2 Å². The van der Waals surface area contributed by atoms with Crippen LogP contribution in [0, 0.1) is 6.92 Å². The third-order valence-electron chi connectivity index (χ3n) is 5.16. The average Bonchev–Trinajstić information content (AvgIpc) is 3.17. The standard InChI is InChI=1S/C24H22Cl2N4O/c1-3-4-6-16-9-11-17(12-10-16)30-28-21-13-15(2)20(14-22(21)29-30)27-24(31)18-7-5-8-19(25)23(18)26/h5,7-14H,3-4,6H2,1-2H3,(H,27,31). The van der Waals surface area contributed by atoms with Crippen LogP contribution in [0.5, 0.6) is 0 Å². The van der Waals surface area contributed by atoms with Crippen molar-refractivity contribution in [3.8, 4) is 5.69 Å². The molecule has 1 heterocycles. The number of aromatic nitrogens is 3. The fraction of sp³-hybridized carbons (Fsp3) is 0.208. The average molecular weight is 453 g/mol. The number of aryl methyl sites for hydroxylation is 2. The number of halogens is 2. The normalized spacial score (nSPS) is 11.1. The van der Waals surface area contributed by atoms with Gasteiger partial charge in [-0.15, -0.1) is 10.2 Å². The second kappa shape index (κ2) is 9.08. The van der Waals surface area contributed by atoms with E-state index >= 15 is 0 Å². The van der Waals surface area contributed by atoms with Gasteiger partial charge in [-0.1, -0.05) is 54.7 Å². The SMILES string of the molecule is CCCCc1ccc(-n2nc3cc(C)c(NC(=O)c4cccc(Cl)c4Cl)cc3n2)cc1. The van der Waals surface area contributed by atoms with Crippen LogP contribution in [0.4, 0.5) is 5.69 Å². The molecule has 1 aromatic heterocycles. The van der Waals surface area contributed by atoms with E-state index in [1.165, 1.54) is 18.4 Å². The fourth-order valence-corrected chi connectivity index (χ4v) is 3.75. The van der Waals surface area contributed by atoms with Gasteiger partial charge in [-0.05, 0) is 67.3 Å². The number of nitrogens with one attached hydrogen (secondary N) is 1. The number of rotatable bonds is 6. The number of anilines is 1. The van der Waals surface area contributed by atoms with Gasteiger partial charge in [0.1, 0.15) is 11.0 Å². The number of benzene rings is 3. The minimum atomic E-state index is -0.329. The molecule has 0 saturated heterocycles. The first-order valence-corrected chi connectivity index (χ1v) is 10.9. The van der Waals surface area contributed by atoms with Crippen molar-refractivity contribution < 1.29 is 4.79 Å². The number of fused-ring (bicyclic) bond motifs is 1. The minimum absolute atomic E-state index is 0.230. The summed E-state index contributed by atoms with van der Waals surface area (Å²) in [4.78, 5) is 14.3. The number of unbranched alkanes of at least 4 members (excludes halogenated alkanes) is 1. The van der Waals surface area contributed by atoms with Crippen LogP contribution in [-0.4, -0.2) is 20.9 Å². The summed E-state index contributed by atoms with van der Waals surface area (Å²) in [5.41, 5.74) is 5.49. The number of nitrogens with zero attached hydrogens (tertiary/aromatic N) is 3. The highest BCUT2D eigenvalue weighted by Gasteiger charge is 2.15. The largest absolute Gasteiger partial charge is 0.322 e. The monoisotopic (exact) mass is 452 g/mol. The molecule has 0 aliphatic heterocycles. The third-order valence-corrected chi connectivity index (χ3v) is 5.98. The van der Waals surface area contributed by atoms with Gasteiger partial charge in [-0.3, -0.25) is 4.79 Å². The molecule has 31 heavy (non-hydrogen) atoms. The second-order valence-corrected chi connectivity index (χ2v) is 8.26. The number of amides is 1. The molecule has 0 radical (unpaired) electrons. The lowest BCUT2D eigenvalue weighted by Crippen LogP contribution is -2.13. The zero-order valence-electron chi connectivity index (χ0n) is 17.3. The van der Waals surface area contributed by atoms with Gasteiger partial charge in [0, 0.05) is 5.69 Å². The molecule has 4 rings (SSSR count). The zero-order chi connectivity index (χ0) is 22.0. The van der Waals surface area contributed by atoms with E-state index in [0.29, 0.717) is 21.8 Å². The highest BCUT2D eigenvalue weighted by molar-refractivity contribution is 6.44. The van der Waals surface area contributed by atoms with Crippen LogP contribution in [0.2, 0.25) is 10.0 Å². The summed E-state index contributed by atoms with van der Waals surface area (Å²) < 4.78 is 0. The van der Waals surface area contributed by atoms with Crippen LogP contribution >= 0.6 is 23.2 Å². The molecule has 0 aliphatic carbocycles. The lowest BCUT2D eigenvalue weighted by molar-refractivity contribution is 0.102. The topological polar surface area (TPSA) is 59.8 Å². The Labute approximate surface area is 191 Å². The highest BCUT2D eigenvalue weighted by Crippen LogP contribution is 2.28. The molecule has 0 unspecified atom stereocenters. The summed E-state index contributed by atoms with van der Waals surface area (Å²) in [6.45, 7) is 4.10. The van der Waals surface area contributed by atoms with E-state index in [1.54, 1.807) is 23.0 Å². The van der Waals surface area contributed by atoms with E-state index in [0.717, 1.165) is 23.2 Å². The van der Waals surface area contributed by atoms with Gasteiger partial charge in [0.25, 0.3) is 5.91 Å². The van der Waals surface area contributed by atoms with E-state index in [9.17, 15) is 4.79 Å². The number of carbonyl (C=O) groups is 1. The van der Waals surface area contributed by atoms with Crippen LogP contribution in [0.1, 0.15) is 41.3 Å². The van der Waals surface area contributed by atoms with Crippen molar-refractivity contribution in [2.24, 2.45) is 0 Å². The predicted octanol–water partition coefficient (Wildman–Crippen LogP) is 6.63. The van der Waals surface area contributed by atoms with Crippen molar-refractivity contribution in [1.29, 1.82) is 0 Å². The summed E-state index contributed by atoms with van der Waals surface area (Å²) in [5, 5.41) is 12.7. The maximum Gasteiger partial charge on any atom is 0.257 e. The molecule has 7 heteroatoms. The lowest BCUT2D eigenvalue weighted by atomic mass is 10.1. The Balaban J connectivity index is 1.60. The molecule has 1 amide bonds. The van der Waals surface area contributed by atoms with Crippen molar-refractivity contribution in [3.05, 3.63) is 81.3 Å². The summed E-state index contributed by atoms with van der Waals surface area (Å²) in [6.07, 6.45) is 3.43. The molecule has 0 bridgehead atoms. The Kier molecular flexibility index (Phi) is 6.25. The van der Waals surface area contributed by atoms with Crippen LogP contribution in [-0.2, 0) is 6.42 Å². The number of hydrogen-bond acceptors (Lipinski definition) is 3.